The van der Waals surface area contributed by atoms with E-state index in [0.717, 1.165) is 44.6 Å². The van der Waals surface area contributed by atoms with Gasteiger partial charge in [-0.3, -0.25) is 9.69 Å². The highest BCUT2D eigenvalue weighted by molar-refractivity contribution is 7.08. The molecule has 4 heteroatoms. The van der Waals surface area contributed by atoms with Gasteiger partial charge in [0, 0.05) is 32.2 Å². The van der Waals surface area contributed by atoms with Gasteiger partial charge in [0.15, 0.2) is 0 Å². The van der Waals surface area contributed by atoms with Crippen LogP contribution < -0.4 is 0 Å². The molecule has 0 aliphatic carbocycles. The topological polar surface area (TPSA) is 23.6 Å². The average molecular weight is 381 g/mol. The number of carbonyl (C=O) groups is 1. The van der Waals surface area contributed by atoms with Crippen LogP contribution >= 0.6 is 11.3 Å². The lowest BCUT2D eigenvalue weighted by Crippen LogP contribution is -2.56. The van der Waals surface area contributed by atoms with Crippen LogP contribution in [0.25, 0.3) is 6.08 Å². The molecule has 3 nitrogen and oxygen atoms in total. The SMILES string of the molecule is O=C(Cc1ccsc1)N1CCC[C@@H]2CN(C/C=C/c3ccccc3)CC[C@H]21. The lowest BCUT2D eigenvalue weighted by Gasteiger charge is -2.47. The van der Waals surface area contributed by atoms with Crippen molar-refractivity contribution in [1.82, 2.24) is 9.80 Å². The number of amides is 1. The van der Waals surface area contributed by atoms with Crippen LogP contribution in [0.1, 0.15) is 30.4 Å². The fraction of sp³-hybridized carbons (Fsp3) is 0.435. The third-order valence-corrected chi connectivity index (χ3v) is 6.61. The van der Waals surface area contributed by atoms with Gasteiger partial charge in [-0.1, -0.05) is 42.5 Å². The van der Waals surface area contributed by atoms with E-state index in [2.05, 4.69) is 69.1 Å². The monoisotopic (exact) mass is 380 g/mol. The maximum Gasteiger partial charge on any atom is 0.227 e. The number of hydrogen-bond donors (Lipinski definition) is 0. The van der Waals surface area contributed by atoms with Gasteiger partial charge in [0.05, 0.1) is 6.42 Å². The Bertz CT molecular complexity index is 756. The molecule has 0 radical (unpaired) electrons. The van der Waals surface area contributed by atoms with Gasteiger partial charge in [-0.25, -0.2) is 0 Å². The van der Waals surface area contributed by atoms with Gasteiger partial charge in [-0.2, -0.15) is 11.3 Å². The molecule has 2 aromatic rings. The van der Waals surface area contributed by atoms with Crippen LogP contribution in [0.15, 0.2) is 53.2 Å². The van der Waals surface area contributed by atoms with Crippen LogP contribution in [0.4, 0.5) is 0 Å². The third kappa shape index (κ3) is 4.69. The van der Waals surface area contributed by atoms with Gasteiger partial charge >= 0.3 is 0 Å². The Kier molecular flexibility index (Phi) is 6.05. The Morgan fingerprint density at radius 1 is 1.15 bits per heavy atom. The number of nitrogens with zero attached hydrogens (tertiary/aromatic N) is 2. The maximum absolute atomic E-state index is 12.8. The molecule has 2 aliphatic rings. The highest BCUT2D eigenvalue weighted by atomic mass is 32.1. The summed E-state index contributed by atoms with van der Waals surface area (Å²) in [5.74, 6) is 0.949. The molecule has 142 valence electrons. The minimum atomic E-state index is 0.320. The Balaban J connectivity index is 1.32. The summed E-state index contributed by atoms with van der Waals surface area (Å²) in [4.78, 5) is 17.6. The molecule has 2 fully saturated rings. The van der Waals surface area contributed by atoms with Gasteiger partial charge in [0.2, 0.25) is 5.91 Å². The summed E-state index contributed by atoms with van der Waals surface area (Å²) in [6, 6.07) is 13.0. The second kappa shape index (κ2) is 8.85. The first-order valence-corrected chi connectivity index (χ1v) is 11.0. The summed E-state index contributed by atoms with van der Waals surface area (Å²) in [5.41, 5.74) is 2.42. The number of thiophene rings is 1. The highest BCUT2D eigenvalue weighted by Gasteiger charge is 2.37. The number of fused-ring (bicyclic) bond motifs is 1. The van der Waals surface area contributed by atoms with E-state index in [1.165, 1.54) is 12.0 Å². The molecule has 1 aromatic heterocycles. The minimum absolute atomic E-state index is 0.320. The zero-order chi connectivity index (χ0) is 18.5. The van der Waals surface area contributed by atoms with Crippen LogP contribution in [0.5, 0.6) is 0 Å². The molecule has 2 atom stereocenters. The summed E-state index contributed by atoms with van der Waals surface area (Å²) < 4.78 is 0. The van der Waals surface area contributed by atoms with E-state index in [9.17, 15) is 4.79 Å². The zero-order valence-corrected chi connectivity index (χ0v) is 16.6. The lowest BCUT2D eigenvalue weighted by atomic mass is 9.83. The standard InChI is InChI=1S/C23H28N2OS/c26-23(16-20-11-15-27-18-20)25-13-5-9-21-17-24(14-10-22(21)25)12-4-8-19-6-2-1-3-7-19/h1-4,6-8,11,15,18,21-22H,5,9-10,12-14,16-17H2/b8-4+/t21-,22-/m1/s1. The van der Waals surface area contributed by atoms with Gasteiger partial charge < -0.3 is 4.90 Å². The second-order valence-electron chi connectivity index (χ2n) is 7.73. The first-order chi connectivity index (χ1) is 13.3. The number of rotatable bonds is 5. The summed E-state index contributed by atoms with van der Waals surface area (Å²) in [6.45, 7) is 4.15. The fourth-order valence-electron chi connectivity index (χ4n) is 4.53. The van der Waals surface area contributed by atoms with Gasteiger partial charge in [0.25, 0.3) is 0 Å². The van der Waals surface area contributed by atoms with Crippen molar-refractivity contribution in [3.8, 4) is 0 Å². The van der Waals surface area contributed by atoms with E-state index in [-0.39, 0.29) is 0 Å². The summed E-state index contributed by atoms with van der Waals surface area (Å²) in [6.07, 6.45) is 8.56. The van der Waals surface area contributed by atoms with E-state index in [0.29, 0.717) is 24.3 Å². The van der Waals surface area contributed by atoms with Crippen LogP contribution in [-0.4, -0.2) is 47.9 Å². The Labute approximate surface area is 166 Å². The first kappa shape index (κ1) is 18.5. The Morgan fingerprint density at radius 2 is 2.04 bits per heavy atom. The summed E-state index contributed by atoms with van der Waals surface area (Å²) in [7, 11) is 0. The smallest absolute Gasteiger partial charge is 0.227 e. The number of likely N-dealkylation sites (tertiary alicyclic amines) is 2. The van der Waals surface area contributed by atoms with E-state index in [1.807, 2.05) is 0 Å². The van der Waals surface area contributed by atoms with Crippen molar-refractivity contribution in [2.24, 2.45) is 5.92 Å². The number of carbonyl (C=O) groups excluding carboxylic acids is 1. The molecule has 0 saturated carbocycles. The highest BCUT2D eigenvalue weighted by Crippen LogP contribution is 2.31. The largest absolute Gasteiger partial charge is 0.339 e. The molecule has 2 aliphatic heterocycles. The van der Waals surface area contributed by atoms with E-state index >= 15 is 0 Å². The molecule has 3 heterocycles. The van der Waals surface area contributed by atoms with Gasteiger partial charge in [0.1, 0.15) is 0 Å². The van der Waals surface area contributed by atoms with Crippen molar-refractivity contribution in [1.29, 1.82) is 0 Å². The predicted octanol–water partition coefficient (Wildman–Crippen LogP) is 4.32. The Morgan fingerprint density at radius 3 is 2.85 bits per heavy atom. The molecule has 4 rings (SSSR count). The van der Waals surface area contributed by atoms with Crippen LogP contribution in [-0.2, 0) is 11.2 Å². The minimum Gasteiger partial charge on any atom is -0.339 e. The van der Waals surface area contributed by atoms with Crippen molar-refractivity contribution < 1.29 is 4.79 Å². The first-order valence-electron chi connectivity index (χ1n) is 10.0. The molecular weight excluding hydrogens is 352 g/mol. The molecule has 2 saturated heterocycles. The number of benzene rings is 1. The molecular formula is C23H28N2OS. The average Bonchev–Trinajstić information content (AvgIpc) is 3.21. The van der Waals surface area contributed by atoms with Crippen molar-refractivity contribution >= 4 is 23.3 Å². The predicted molar refractivity (Wildman–Crippen MR) is 113 cm³/mol. The molecule has 0 unspecified atom stereocenters. The van der Waals surface area contributed by atoms with E-state index in [4.69, 9.17) is 0 Å². The fourth-order valence-corrected chi connectivity index (χ4v) is 5.19. The van der Waals surface area contributed by atoms with Gasteiger partial charge in [-0.05, 0) is 53.1 Å². The summed E-state index contributed by atoms with van der Waals surface area (Å²) in [5, 5.41) is 4.16. The summed E-state index contributed by atoms with van der Waals surface area (Å²) >= 11 is 1.67. The van der Waals surface area contributed by atoms with E-state index < -0.39 is 0 Å². The molecule has 1 aromatic carbocycles. The maximum atomic E-state index is 12.8. The molecule has 0 spiro atoms. The van der Waals surface area contributed by atoms with Crippen LogP contribution in [0, 0.1) is 5.92 Å². The van der Waals surface area contributed by atoms with Crippen molar-refractivity contribution in [3.63, 3.8) is 0 Å². The number of piperidine rings is 2. The quantitative estimate of drug-likeness (QED) is 0.771. The van der Waals surface area contributed by atoms with Crippen molar-refractivity contribution in [3.05, 3.63) is 64.4 Å². The normalized spacial score (nSPS) is 23.5. The molecule has 27 heavy (non-hydrogen) atoms. The molecule has 0 N–H and O–H groups in total. The van der Waals surface area contributed by atoms with E-state index in [1.54, 1.807) is 11.3 Å². The molecule has 1 amide bonds. The van der Waals surface area contributed by atoms with Crippen molar-refractivity contribution in [2.75, 3.05) is 26.2 Å². The second-order valence-corrected chi connectivity index (χ2v) is 8.51. The number of hydrogen-bond acceptors (Lipinski definition) is 3. The van der Waals surface area contributed by atoms with Crippen LogP contribution in [0.3, 0.4) is 0 Å². The zero-order valence-electron chi connectivity index (χ0n) is 15.8. The molecule has 0 bridgehead atoms. The Hall–Kier alpha value is -1.91. The van der Waals surface area contributed by atoms with Gasteiger partial charge in [-0.15, -0.1) is 0 Å². The van der Waals surface area contributed by atoms with Crippen molar-refractivity contribution in [2.45, 2.75) is 31.7 Å². The van der Waals surface area contributed by atoms with Crippen LogP contribution in [0.2, 0.25) is 0 Å². The lowest BCUT2D eigenvalue weighted by molar-refractivity contribution is -0.137. The third-order valence-electron chi connectivity index (χ3n) is 5.88.